The third kappa shape index (κ3) is 4.19. The number of carbonyl (C=O) groups is 2. The molecule has 0 saturated heterocycles. The fourth-order valence-electron chi connectivity index (χ4n) is 3.02. The maximum absolute atomic E-state index is 11.9. The average Bonchev–Trinajstić information content (AvgIpc) is 2.99. The van der Waals surface area contributed by atoms with Crippen molar-refractivity contribution in [3.8, 4) is 22.6 Å². The van der Waals surface area contributed by atoms with Gasteiger partial charge in [-0.15, -0.1) is 0 Å². The van der Waals surface area contributed by atoms with Crippen LogP contribution in [-0.4, -0.2) is 38.7 Å². The summed E-state index contributed by atoms with van der Waals surface area (Å²) in [7, 11) is 2.60. The van der Waals surface area contributed by atoms with Crippen molar-refractivity contribution in [3.63, 3.8) is 0 Å². The third-order valence-electron chi connectivity index (χ3n) is 4.23. The van der Waals surface area contributed by atoms with Gasteiger partial charge in [0.2, 0.25) is 5.79 Å². The summed E-state index contributed by atoms with van der Waals surface area (Å²) in [6.45, 7) is 3.79. The van der Waals surface area contributed by atoms with Gasteiger partial charge in [-0.05, 0) is 41.0 Å². The van der Waals surface area contributed by atoms with E-state index in [-0.39, 0.29) is 6.61 Å². The van der Waals surface area contributed by atoms with Gasteiger partial charge in [0.05, 0.1) is 26.4 Å². The van der Waals surface area contributed by atoms with Gasteiger partial charge in [0.15, 0.2) is 11.5 Å². The Morgan fingerprint density at radius 3 is 2.39 bits per heavy atom. The van der Waals surface area contributed by atoms with E-state index in [4.69, 9.17) is 18.9 Å². The number of fused-ring (bicyclic) bond motifs is 1. The first-order valence-electron chi connectivity index (χ1n) is 8.77. The fourth-order valence-corrected chi connectivity index (χ4v) is 3.02. The Hall–Kier alpha value is -3.22. The van der Waals surface area contributed by atoms with Gasteiger partial charge in [-0.25, -0.2) is 9.59 Å². The fraction of sp³-hybridized carbons (Fsp3) is 0.333. The molecule has 0 N–H and O–H groups in total. The minimum atomic E-state index is -0.769. The number of ether oxygens (including phenoxy) is 5. The van der Waals surface area contributed by atoms with Gasteiger partial charge in [0.1, 0.15) is 0 Å². The second-order valence-electron chi connectivity index (χ2n) is 6.69. The molecule has 0 aliphatic carbocycles. The van der Waals surface area contributed by atoms with Gasteiger partial charge in [-0.1, -0.05) is 12.1 Å². The summed E-state index contributed by atoms with van der Waals surface area (Å²) in [5, 5.41) is 0. The largest absolute Gasteiger partial charge is 0.507 e. The molecule has 2 aromatic carbocycles. The molecule has 2 aromatic rings. The minimum Gasteiger partial charge on any atom is -0.465 e. The maximum Gasteiger partial charge on any atom is 0.507 e. The predicted molar refractivity (Wildman–Crippen MR) is 101 cm³/mol. The van der Waals surface area contributed by atoms with E-state index in [1.807, 2.05) is 32.0 Å². The molecule has 0 spiro atoms. The summed E-state index contributed by atoms with van der Waals surface area (Å²) in [6, 6.07) is 10.8. The lowest BCUT2D eigenvalue weighted by atomic mass is 9.95. The highest BCUT2D eigenvalue weighted by molar-refractivity contribution is 5.91. The molecule has 0 amide bonds. The average molecular weight is 386 g/mol. The molecule has 0 atom stereocenters. The second-order valence-corrected chi connectivity index (χ2v) is 6.69. The Kier molecular flexibility index (Phi) is 5.44. The van der Waals surface area contributed by atoms with Crippen molar-refractivity contribution < 1.29 is 33.3 Å². The van der Waals surface area contributed by atoms with Crippen molar-refractivity contribution in [2.45, 2.75) is 26.1 Å². The topological polar surface area (TPSA) is 80.3 Å². The lowest BCUT2D eigenvalue weighted by Gasteiger charge is -2.16. The van der Waals surface area contributed by atoms with Crippen molar-refractivity contribution in [1.29, 1.82) is 0 Å². The van der Waals surface area contributed by atoms with Gasteiger partial charge < -0.3 is 23.7 Å². The highest BCUT2D eigenvalue weighted by Gasteiger charge is 2.32. The molecule has 0 bridgehead atoms. The summed E-state index contributed by atoms with van der Waals surface area (Å²) in [4.78, 5) is 23.1. The van der Waals surface area contributed by atoms with Crippen LogP contribution in [0.25, 0.3) is 11.1 Å². The highest BCUT2D eigenvalue weighted by atomic mass is 16.7. The standard InChI is InChI=1S/C21H22O7/c1-21(2)27-17-11-14(8-9-26-20(23)25-4)16(12-18(17)28-21)13-6-5-7-15(10-13)19(22)24-3/h5-7,10-12H,8-9H2,1-4H3. The van der Waals surface area contributed by atoms with E-state index in [0.29, 0.717) is 23.5 Å². The van der Waals surface area contributed by atoms with Crippen molar-refractivity contribution in [2.75, 3.05) is 20.8 Å². The van der Waals surface area contributed by atoms with Gasteiger partial charge in [0, 0.05) is 20.3 Å². The number of hydrogen-bond donors (Lipinski definition) is 0. The Morgan fingerprint density at radius 1 is 1.00 bits per heavy atom. The van der Waals surface area contributed by atoms with Crippen LogP contribution in [0.15, 0.2) is 36.4 Å². The zero-order valence-corrected chi connectivity index (χ0v) is 16.2. The normalized spacial score (nSPS) is 13.7. The molecule has 0 radical (unpaired) electrons. The van der Waals surface area contributed by atoms with Crippen molar-refractivity contribution in [1.82, 2.24) is 0 Å². The minimum absolute atomic E-state index is 0.138. The summed E-state index contributed by atoms with van der Waals surface area (Å²) in [6.07, 6.45) is -0.305. The molecule has 0 saturated carbocycles. The number of carbonyl (C=O) groups excluding carboxylic acids is 2. The van der Waals surface area contributed by atoms with E-state index in [2.05, 4.69) is 4.74 Å². The molecule has 7 nitrogen and oxygen atoms in total. The monoisotopic (exact) mass is 386 g/mol. The second kappa shape index (κ2) is 7.80. The van der Waals surface area contributed by atoms with Gasteiger partial charge in [-0.2, -0.15) is 0 Å². The number of methoxy groups -OCH3 is 2. The molecular weight excluding hydrogens is 364 g/mol. The predicted octanol–water partition coefficient (Wildman–Crippen LogP) is 3.97. The molecule has 0 fully saturated rings. The molecule has 0 unspecified atom stereocenters. The van der Waals surface area contributed by atoms with Crippen molar-refractivity contribution >= 4 is 12.1 Å². The van der Waals surface area contributed by atoms with Crippen LogP contribution >= 0.6 is 0 Å². The summed E-state index contributed by atoms with van der Waals surface area (Å²) < 4.78 is 26.0. The lowest BCUT2D eigenvalue weighted by molar-refractivity contribution is -0.0431. The van der Waals surface area contributed by atoms with E-state index >= 15 is 0 Å². The zero-order chi connectivity index (χ0) is 20.3. The van der Waals surface area contributed by atoms with Crippen LogP contribution < -0.4 is 9.47 Å². The first kappa shape index (κ1) is 19.5. The lowest BCUT2D eigenvalue weighted by Crippen LogP contribution is -2.29. The Balaban J connectivity index is 1.99. The van der Waals surface area contributed by atoms with Crippen molar-refractivity contribution in [2.24, 2.45) is 0 Å². The van der Waals surface area contributed by atoms with Gasteiger partial charge in [-0.3, -0.25) is 0 Å². The summed E-state index contributed by atoms with van der Waals surface area (Å²) in [5.74, 6) is 0.0422. The molecule has 28 heavy (non-hydrogen) atoms. The zero-order valence-electron chi connectivity index (χ0n) is 16.2. The Labute approximate surface area is 163 Å². The highest BCUT2D eigenvalue weighted by Crippen LogP contribution is 2.43. The summed E-state index contributed by atoms with van der Waals surface area (Å²) in [5.41, 5.74) is 2.98. The molecule has 1 heterocycles. The van der Waals surface area contributed by atoms with E-state index in [1.54, 1.807) is 18.2 Å². The van der Waals surface area contributed by atoms with Crippen LogP contribution in [-0.2, 0) is 20.6 Å². The molecule has 3 rings (SSSR count). The van der Waals surface area contributed by atoms with Crippen molar-refractivity contribution in [3.05, 3.63) is 47.5 Å². The quantitative estimate of drug-likeness (QED) is 0.719. The maximum atomic E-state index is 11.9. The van der Waals surface area contributed by atoms with Crippen LogP contribution in [0.5, 0.6) is 11.5 Å². The summed E-state index contributed by atoms with van der Waals surface area (Å²) >= 11 is 0. The van der Waals surface area contributed by atoms with Crippen LogP contribution in [0, 0.1) is 0 Å². The molecule has 148 valence electrons. The van der Waals surface area contributed by atoms with Crippen LogP contribution in [0.2, 0.25) is 0 Å². The number of rotatable bonds is 5. The molecule has 7 heteroatoms. The van der Waals surface area contributed by atoms with Crippen LogP contribution in [0.1, 0.15) is 29.8 Å². The third-order valence-corrected chi connectivity index (χ3v) is 4.23. The van der Waals surface area contributed by atoms with E-state index in [0.717, 1.165) is 16.7 Å². The van der Waals surface area contributed by atoms with E-state index in [1.165, 1.54) is 14.2 Å². The molecule has 0 aromatic heterocycles. The number of esters is 1. The van der Waals surface area contributed by atoms with Gasteiger partial charge >= 0.3 is 12.1 Å². The van der Waals surface area contributed by atoms with E-state index < -0.39 is 17.9 Å². The van der Waals surface area contributed by atoms with Crippen LogP contribution in [0.3, 0.4) is 0 Å². The first-order valence-corrected chi connectivity index (χ1v) is 8.77. The Morgan fingerprint density at radius 2 is 1.71 bits per heavy atom. The van der Waals surface area contributed by atoms with Gasteiger partial charge in [0.25, 0.3) is 0 Å². The smallest absolute Gasteiger partial charge is 0.465 e. The molecule has 1 aliphatic heterocycles. The molecular formula is C21H22O7. The van der Waals surface area contributed by atoms with Crippen LogP contribution in [0.4, 0.5) is 4.79 Å². The number of benzene rings is 2. The first-order chi connectivity index (χ1) is 13.3. The molecule has 1 aliphatic rings. The SMILES string of the molecule is COC(=O)OCCc1cc2c(cc1-c1cccc(C(=O)OC)c1)OC(C)(C)O2. The van der Waals surface area contributed by atoms with E-state index in [9.17, 15) is 9.59 Å². The number of hydrogen-bond acceptors (Lipinski definition) is 7. The Bertz CT molecular complexity index is 902.